The fraction of sp³-hybridized carbons (Fsp3) is 0.391. The van der Waals surface area contributed by atoms with Crippen molar-refractivity contribution in [2.75, 3.05) is 27.4 Å². The molecule has 160 valence electrons. The molecule has 30 heavy (non-hydrogen) atoms. The molecule has 0 saturated carbocycles. The van der Waals surface area contributed by atoms with Crippen molar-refractivity contribution in [1.29, 1.82) is 0 Å². The van der Waals surface area contributed by atoms with Crippen LogP contribution in [0.1, 0.15) is 35.3 Å². The summed E-state index contributed by atoms with van der Waals surface area (Å²) in [6.07, 6.45) is 0.330. The summed E-state index contributed by atoms with van der Waals surface area (Å²) in [6, 6.07) is 15.1. The van der Waals surface area contributed by atoms with Gasteiger partial charge >= 0.3 is 0 Å². The third-order valence-corrected chi connectivity index (χ3v) is 5.51. The van der Waals surface area contributed by atoms with Gasteiger partial charge in [-0.3, -0.25) is 9.59 Å². The van der Waals surface area contributed by atoms with Gasteiger partial charge in [0, 0.05) is 19.2 Å². The minimum atomic E-state index is -1.19. The van der Waals surface area contributed by atoms with Crippen LogP contribution in [0.15, 0.2) is 54.6 Å². The predicted octanol–water partition coefficient (Wildman–Crippen LogP) is 2.16. The molecule has 2 aromatic carbocycles. The van der Waals surface area contributed by atoms with Gasteiger partial charge in [0.2, 0.25) is 5.91 Å². The summed E-state index contributed by atoms with van der Waals surface area (Å²) in [4.78, 5) is 27.5. The van der Waals surface area contributed by atoms with E-state index in [0.717, 1.165) is 5.56 Å². The highest BCUT2D eigenvalue weighted by atomic mass is 16.5. The maximum Gasteiger partial charge on any atom is 0.254 e. The zero-order chi connectivity index (χ0) is 21.7. The number of likely N-dealkylation sites (tertiary alicyclic amines) is 1. The Balaban J connectivity index is 2.00. The Bertz CT molecular complexity index is 867. The highest BCUT2D eigenvalue weighted by Gasteiger charge is 2.47. The summed E-state index contributed by atoms with van der Waals surface area (Å²) in [5.41, 5.74) is 0.155. The van der Waals surface area contributed by atoms with E-state index < -0.39 is 17.7 Å². The lowest BCUT2D eigenvalue weighted by Gasteiger charge is -2.49. The Morgan fingerprint density at radius 3 is 2.40 bits per heavy atom. The number of hydrogen-bond donors (Lipinski definition) is 2. The first-order chi connectivity index (χ1) is 14.4. The summed E-state index contributed by atoms with van der Waals surface area (Å²) in [7, 11) is 3.01. The summed E-state index contributed by atoms with van der Waals surface area (Å²) in [6.45, 7) is 1.92. The molecular formula is C23H28N2O5. The fourth-order valence-electron chi connectivity index (χ4n) is 3.89. The highest BCUT2D eigenvalue weighted by molar-refractivity contribution is 5.95. The fourth-order valence-corrected chi connectivity index (χ4v) is 3.89. The molecule has 0 aliphatic carbocycles. The van der Waals surface area contributed by atoms with Crippen LogP contribution in [0.3, 0.4) is 0 Å². The Morgan fingerprint density at radius 2 is 1.80 bits per heavy atom. The number of nitrogens with one attached hydrogen (secondary N) is 1. The Kier molecular flexibility index (Phi) is 6.74. The van der Waals surface area contributed by atoms with Crippen LogP contribution in [0.25, 0.3) is 0 Å². The molecule has 1 aliphatic heterocycles. The first-order valence-electron chi connectivity index (χ1n) is 9.88. The Morgan fingerprint density at radius 1 is 1.13 bits per heavy atom. The van der Waals surface area contributed by atoms with Crippen molar-refractivity contribution in [3.05, 3.63) is 65.7 Å². The van der Waals surface area contributed by atoms with E-state index in [1.165, 1.54) is 7.11 Å². The minimum absolute atomic E-state index is 0.124. The monoisotopic (exact) mass is 412 g/mol. The molecule has 0 aromatic heterocycles. The van der Waals surface area contributed by atoms with Gasteiger partial charge in [0.1, 0.15) is 12.4 Å². The van der Waals surface area contributed by atoms with Crippen molar-refractivity contribution in [3.63, 3.8) is 0 Å². The van der Waals surface area contributed by atoms with E-state index in [1.807, 2.05) is 30.3 Å². The van der Waals surface area contributed by atoms with E-state index in [1.54, 1.807) is 43.2 Å². The summed E-state index contributed by atoms with van der Waals surface area (Å²) < 4.78 is 10.1. The summed E-state index contributed by atoms with van der Waals surface area (Å²) >= 11 is 0. The largest absolute Gasteiger partial charge is 0.497 e. The smallest absolute Gasteiger partial charge is 0.254 e. The van der Waals surface area contributed by atoms with Gasteiger partial charge in [-0.25, -0.2) is 0 Å². The molecule has 3 atom stereocenters. The molecule has 0 spiro atoms. The van der Waals surface area contributed by atoms with Crippen molar-refractivity contribution in [2.45, 2.75) is 31.0 Å². The second-order valence-corrected chi connectivity index (χ2v) is 7.67. The molecule has 2 amide bonds. The maximum absolute atomic E-state index is 13.4. The van der Waals surface area contributed by atoms with Crippen LogP contribution in [0.4, 0.5) is 0 Å². The number of hydrogen-bond acceptors (Lipinski definition) is 5. The number of aliphatic hydroxyl groups is 1. The van der Waals surface area contributed by atoms with Gasteiger partial charge in [0.05, 0.1) is 24.8 Å². The van der Waals surface area contributed by atoms with Gasteiger partial charge in [-0.15, -0.1) is 0 Å². The molecule has 3 rings (SSSR count). The standard InChI is InChI=1S/C23H28N2O5/c1-23(28)13-14-25(22(27)17-9-11-18(30-3)12-10-17)20(16-7-5-4-6-8-16)21(23)24-19(26)15-29-2/h4-12,20-21,28H,13-15H2,1-3H3,(H,24,26)/t20-,21-,23+/m0/s1. The lowest BCUT2D eigenvalue weighted by Crippen LogP contribution is -2.63. The number of amides is 2. The molecule has 1 heterocycles. The first-order valence-corrected chi connectivity index (χ1v) is 9.88. The van der Waals surface area contributed by atoms with Gasteiger partial charge in [0.15, 0.2) is 0 Å². The summed E-state index contributed by atoms with van der Waals surface area (Å²) in [5.74, 6) is 0.146. The van der Waals surface area contributed by atoms with Gasteiger partial charge < -0.3 is 24.8 Å². The van der Waals surface area contributed by atoms with Gasteiger partial charge in [-0.2, -0.15) is 0 Å². The van der Waals surface area contributed by atoms with E-state index in [2.05, 4.69) is 5.32 Å². The molecule has 7 nitrogen and oxygen atoms in total. The molecule has 1 aliphatic rings. The Hall–Kier alpha value is -2.90. The van der Waals surface area contributed by atoms with Crippen LogP contribution in [0.5, 0.6) is 5.75 Å². The lowest BCUT2D eigenvalue weighted by atomic mass is 9.79. The molecule has 1 saturated heterocycles. The zero-order valence-electron chi connectivity index (χ0n) is 17.5. The van der Waals surface area contributed by atoms with Crippen LogP contribution in [0, 0.1) is 0 Å². The van der Waals surface area contributed by atoms with Crippen LogP contribution in [0.2, 0.25) is 0 Å². The number of methoxy groups -OCH3 is 2. The molecule has 1 fully saturated rings. The van der Waals surface area contributed by atoms with Crippen molar-refractivity contribution >= 4 is 11.8 Å². The van der Waals surface area contributed by atoms with Crippen molar-refractivity contribution in [3.8, 4) is 5.75 Å². The number of piperidine rings is 1. The minimum Gasteiger partial charge on any atom is -0.497 e. The number of carbonyl (C=O) groups excluding carboxylic acids is 2. The second kappa shape index (κ2) is 9.28. The van der Waals surface area contributed by atoms with E-state index in [-0.39, 0.29) is 18.4 Å². The quantitative estimate of drug-likeness (QED) is 0.759. The molecule has 7 heteroatoms. The van der Waals surface area contributed by atoms with Gasteiger partial charge in [-0.05, 0) is 43.2 Å². The Labute approximate surface area is 176 Å². The van der Waals surface area contributed by atoms with Crippen LogP contribution in [-0.4, -0.2) is 60.8 Å². The SMILES string of the molecule is COCC(=O)N[C@H]1[C@H](c2ccccc2)N(C(=O)c2ccc(OC)cc2)CC[C@@]1(C)O. The van der Waals surface area contributed by atoms with Gasteiger partial charge in [-0.1, -0.05) is 30.3 Å². The van der Waals surface area contributed by atoms with Crippen LogP contribution >= 0.6 is 0 Å². The summed E-state index contributed by atoms with van der Waals surface area (Å²) in [5, 5.41) is 14.0. The number of nitrogens with zero attached hydrogens (tertiary/aromatic N) is 1. The van der Waals surface area contributed by atoms with E-state index in [0.29, 0.717) is 24.3 Å². The molecule has 2 aromatic rings. The van der Waals surface area contributed by atoms with Crippen molar-refractivity contribution in [2.24, 2.45) is 0 Å². The zero-order valence-corrected chi connectivity index (χ0v) is 17.5. The molecular weight excluding hydrogens is 384 g/mol. The molecule has 0 radical (unpaired) electrons. The number of carbonyl (C=O) groups is 2. The van der Waals surface area contributed by atoms with Crippen LogP contribution in [-0.2, 0) is 9.53 Å². The van der Waals surface area contributed by atoms with Crippen molar-refractivity contribution < 1.29 is 24.2 Å². The van der Waals surface area contributed by atoms with E-state index >= 15 is 0 Å². The first kappa shape index (κ1) is 21.8. The number of ether oxygens (including phenoxy) is 2. The average molecular weight is 412 g/mol. The normalized spacial score (nSPS) is 23.7. The van der Waals surface area contributed by atoms with E-state index in [4.69, 9.17) is 9.47 Å². The number of benzene rings is 2. The van der Waals surface area contributed by atoms with Crippen molar-refractivity contribution in [1.82, 2.24) is 10.2 Å². The predicted molar refractivity (Wildman–Crippen MR) is 112 cm³/mol. The lowest BCUT2D eigenvalue weighted by molar-refractivity contribution is -0.131. The third kappa shape index (κ3) is 4.63. The maximum atomic E-state index is 13.4. The molecule has 2 N–H and O–H groups in total. The molecule has 0 unspecified atom stereocenters. The topological polar surface area (TPSA) is 88.1 Å². The van der Waals surface area contributed by atoms with Crippen LogP contribution < -0.4 is 10.1 Å². The van der Waals surface area contributed by atoms with E-state index in [9.17, 15) is 14.7 Å². The highest BCUT2D eigenvalue weighted by Crippen LogP contribution is 2.38. The second-order valence-electron chi connectivity index (χ2n) is 7.67. The van der Waals surface area contributed by atoms with Gasteiger partial charge in [0.25, 0.3) is 5.91 Å². The average Bonchev–Trinajstić information content (AvgIpc) is 2.75. The number of rotatable bonds is 6. The third-order valence-electron chi connectivity index (χ3n) is 5.51. The molecule has 0 bridgehead atoms.